The summed E-state index contributed by atoms with van der Waals surface area (Å²) in [5, 5.41) is 0. The largest absolute Gasteiger partial charge is 0.445 e. The molecule has 1 aromatic rings. The fourth-order valence-electron chi connectivity index (χ4n) is 2.28. The second kappa shape index (κ2) is 6.44. The van der Waals surface area contributed by atoms with Crippen LogP contribution in [-0.2, 0) is 16.1 Å². The van der Waals surface area contributed by atoms with Crippen molar-refractivity contribution in [2.24, 2.45) is 0 Å². The van der Waals surface area contributed by atoms with Gasteiger partial charge in [0.1, 0.15) is 12.1 Å². The average Bonchev–Trinajstić information content (AvgIpc) is 2.53. The molecule has 106 valence electrons. The van der Waals surface area contributed by atoms with Crippen LogP contribution in [0.1, 0.15) is 18.4 Å². The predicted molar refractivity (Wildman–Crippen MR) is 76.0 cm³/mol. The summed E-state index contributed by atoms with van der Waals surface area (Å²) in [7, 11) is 1.69. The van der Waals surface area contributed by atoms with Crippen molar-refractivity contribution in [1.82, 2.24) is 4.90 Å². The highest BCUT2D eigenvalue weighted by atomic mass is 16.6. The number of rotatable bonds is 3. The molecule has 0 aliphatic carbocycles. The van der Waals surface area contributed by atoms with Crippen molar-refractivity contribution in [1.29, 1.82) is 0 Å². The first-order chi connectivity index (χ1) is 9.68. The Morgan fingerprint density at radius 3 is 2.65 bits per heavy atom. The Bertz CT molecular complexity index is 486. The molecule has 1 aromatic carbocycles. The highest BCUT2D eigenvalue weighted by Crippen LogP contribution is 2.26. The fraction of sp³-hybridized carbons (Fsp3) is 0.438. The molecule has 20 heavy (non-hydrogen) atoms. The molecule has 1 aliphatic heterocycles. The quantitative estimate of drug-likeness (QED) is 0.794. The molecule has 0 bridgehead atoms. The maximum absolute atomic E-state index is 12.1. The van der Waals surface area contributed by atoms with E-state index in [1.54, 1.807) is 7.05 Å². The van der Waals surface area contributed by atoms with E-state index in [4.69, 9.17) is 15.9 Å². The molecule has 0 saturated carbocycles. The Balaban J connectivity index is 1.96. The van der Waals surface area contributed by atoms with Crippen LogP contribution in [0.25, 0.3) is 0 Å². The van der Waals surface area contributed by atoms with E-state index in [-0.39, 0.29) is 6.61 Å². The third-order valence-electron chi connectivity index (χ3n) is 3.71. The van der Waals surface area contributed by atoms with Crippen LogP contribution in [0.15, 0.2) is 30.3 Å². The van der Waals surface area contributed by atoms with E-state index in [0.717, 1.165) is 5.56 Å². The summed E-state index contributed by atoms with van der Waals surface area (Å²) in [4.78, 5) is 13.7. The zero-order valence-corrected chi connectivity index (χ0v) is 11.7. The molecular formula is C16H19NO3. The monoisotopic (exact) mass is 273 g/mol. The number of nitrogens with zero attached hydrogens (tertiary/aromatic N) is 1. The Hall–Kier alpha value is -1.99. The van der Waals surface area contributed by atoms with Gasteiger partial charge in [-0.25, -0.2) is 4.79 Å². The summed E-state index contributed by atoms with van der Waals surface area (Å²) in [6, 6.07) is 9.58. The molecule has 1 aliphatic rings. The summed E-state index contributed by atoms with van der Waals surface area (Å²) < 4.78 is 10.6. The number of terminal acetylenes is 1. The molecular weight excluding hydrogens is 254 g/mol. The SMILES string of the molecule is C#CC1(N(C)C(=O)OCc2ccccc2)CCOCC1. The lowest BCUT2D eigenvalue weighted by Gasteiger charge is -2.39. The first-order valence-corrected chi connectivity index (χ1v) is 6.68. The van der Waals surface area contributed by atoms with Gasteiger partial charge in [0.25, 0.3) is 0 Å². The Kier molecular flexibility index (Phi) is 4.65. The Labute approximate surface area is 119 Å². The lowest BCUT2D eigenvalue weighted by atomic mass is 9.90. The van der Waals surface area contributed by atoms with Crippen molar-refractivity contribution in [3.05, 3.63) is 35.9 Å². The van der Waals surface area contributed by atoms with Crippen molar-refractivity contribution in [3.63, 3.8) is 0 Å². The number of hydrogen-bond donors (Lipinski definition) is 0. The highest BCUT2D eigenvalue weighted by molar-refractivity contribution is 5.69. The topological polar surface area (TPSA) is 38.8 Å². The number of benzene rings is 1. The van der Waals surface area contributed by atoms with E-state index in [1.807, 2.05) is 30.3 Å². The van der Waals surface area contributed by atoms with Gasteiger partial charge in [-0.3, -0.25) is 4.90 Å². The van der Waals surface area contributed by atoms with E-state index in [0.29, 0.717) is 26.1 Å². The Morgan fingerprint density at radius 2 is 2.05 bits per heavy atom. The van der Waals surface area contributed by atoms with Crippen LogP contribution in [0.2, 0.25) is 0 Å². The molecule has 4 nitrogen and oxygen atoms in total. The average molecular weight is 273 g/mol. The summed E-state index contributed by atoms with van der Waals surface area (Å²) in [6.45, 7) is 1.39. The molecule has 1 heterocycles. The minimum absolute atomic E-state index is 0.251. The first kappa shape index (κ1) is 14.4. The van der Waals surface area contributed by atoms with Gasteiger partial charge in [-0.05, 0) is 5.56 Å². The number of amides is 1. The normalized spacial score (nSPS) is 17.0. The molecule has 1 amide bonds. The Morgan fingerprint density at radius 1 is 1.40 bits per heavy atom. The summed E-state index contributed by atoms with van der Waals surface area (Å²) in [6.07, 6.45) is 6.51. The molecule has 0 aromatic heterocycles. The van der Waals surface area contributed by atoms with Crippen molar-refractivity contribution in [2.75, 3.05) is 20.3 Å². The van der Waals surface area contributed by atoms with Gasteiger partial charge in [-0.1, -0.05) is 36.3 Å². The van der Waals surface area contributed by atoms with E-state index < -0.39 is 11.6 Å². The minimum Gasteiger partial charge on any atom is -0.445 e. The second-order valence-electron chi connectivity index (χ2n) is 4.89. The lowest BCUT2D eigenvalue weighted by molar-refractivity contribution is 0.00694. The minimum atomic E-state index is -0.591. The maximum atomic E-state index is 12.1. The van der Waals surface area contributed by atoms with E-state index in [2.05, 4.69) is 5.92 Å². The van der Waals surface area contributed by atoms with Gasteiger partial charge < -0.3 is 9.47 Å². The smallest absolute Gasteiger partial charge is 0.411 e. The molecule has 0 N–H and O–H groups in total. The van der Waals surface area contributed by atoms with E-state index >= 15 is 0 Å². The maximum Gasteiger partial charge on any atom is 0.411 e. The van der Waals surface area contributed by atoms with Crippen LogP contribution in [0.4, 0.5) is 4.79 Å². The van der Waals surface area contributed by atoms with Crippen molar-refractivity contribution < 1.29 is 14.3 Å². The molecule has 0 radical (unpaired) electrons. The van der Waals surface area contributed by atoms with Crippen molar-refractivity contribution >= 4 is 6.09 Å². The van der Waals surface area contributed by atoms with Gasteiger partial charge in [-0.2, -0.15) is 0 Å². The molecule has 4 heteroatoms. The molecule has 1 fully saturated rings. The highest BCUT2D eigenvalue weighted by Gasteiger charge is 2.38. The summed E-state index contributed by atoms with van der Waals surface area (Å²) >= 11 is 0. The lowest BCUT2D eigenvalue weighted by Crippen LogP contribution is -2.52. The number of ether oxygens (including phenoxy) is 2. The van der Waals surface area contributed by atoms with Gasteiger partial charge in [0.2, 0.25) is 0 Å². The molecule has 2 rings (SSSR count). The number of hydrogen-bond acceptors (Lipinski definition) is 3. The van der Waals surface area contributed by atoms with Crippen LogP contribution < -0.4 is 0 Å². The molecule has 0 unspecified atom stereocenters. The molecule has 0 atom stereocenters. The van der Waals surface area contributed by atoms with Gasteiger partial charge in [0, 0.05) is 33.1 Å². The van der Waals surface area contributed by atoms with E-state index in [9.17, 15) is 4.79 Å². The second-order valence-corrected chi connectivity index (χ2v) is 4.89. The fourth-order valence-corrected chi connectivity index (χ4v) is 2.28. The zero-order valence-electron chi connectivity index (χ0n) is 11.7. The van der Waals surface area contributed by atoms with Gasteiger partial charge in [0.05, 0.1) is 0 Å². The van der Waals surface area contributed by atoms with Crippen LogP contribution in [0.3, 0.4) is 0 Å². The molecule has 1 saturated heterocycles. The van der Waals surface area contributed by atoms with Gasteiger partial charge >= 0.3 is 6.09 Å². The van der Waals surface area contributed by atoms with Crippen LogP contribution in [-0.4, -0.2) is 36.8 Å². The van der Waals surface area contributed by atoms with Crippen LogP contribution in [0.5, 0.6) is 0 Å². The first-order valence-electron chi connectivity index (χ1n) is 6.68. The number of carbonyl (C=O) groups excluding carboxylic acids is 1. The van der Waals surface area contributed by atoms with Crippen molar-refractivity contribution in [3.8, 4) is 12.3 Å². The van der Waals surface area contributed by atoms with E-state index in [1.165, 1.54) is 4.90 Å². The van der Waals surface area contributed by atoms with Gasteiger partial charge in [0.15, 0.2) is 0 Å². The predicted octanol–water partition coefficient (Wildman–Crippen LogP) is 2.44. The molecule has 0 spiro atoms. The third kappa shape index (κ3) is 3.12. The summed E-state index contributed by atoms with van der Waals surface area (Å²) in [5.74, 6) is 2.74. The van der Waals surface area contributed by atoms with Crippen LogP contribution >= 0.6 is 0 Å². The van der Waals surface area contributed by atoms with Gasteiger partial charge in [-0.15, -0.1) is 6.42 Å². The van der Waals surface area contributed by atoms with Crippen molar-refractivity contribution in [2.45, 2.75) is 25.0 Å². The van der Waals surface area contributed by atoms with Crippen LogP contribution in [0, 0.1) is 12.3 Å². The zero-order chi connectivity index (χ0) is 14.4. The summed E-state index contributed by atoms with van der Waals surface area (Å²) in [5.41, 5.74) is 0.363. The third-order valence-corrected chi connectivity index (χ3v) is 3.71. The standard InChI is InChI=1S/C16H19NO3/c1-3-16(9-11-19-12-10-16)17(2)15(18)20-13-14-7-5-4-6-8-14/h1,4-8H,9-13H2,2H3. The number of carbonyl (C=O) groups is 1.